The van der Waals surface area contributed by atoms with Gasteiger partial charge in [0.1, 0.15) is 0 Å². The van der Waals surface area contributed by atoms with Crippen molar-refractivity contribution in [3.63, 3.8) is 0 Å². The normalized spacial score (nSPS) is 38.3. The van der Waals surface area contributed by atoms with Gasteiger partial charge in [0.2, 0.25) is 0 Å². The lowest BCUT2D eigenvalue weighted by molar-refractivity contribution is -0.0592. The smallest absolute Gasteiger partial charge is 0.273 e. The van der Waals surface area contributed by atoms with E-state index in [-0.39, 0.29) is 5.56 Å². The van der Waals surface area contributed by atoms with Crippen LogP contribution >= 0.6 is 0 Å². The molecule has 0 amide bonds. The topological polar surface area (TPSA) is 48.0 Å². The molecule has 20 heavy (non-hydrogen) atoms. The summed E-state index contributed by atoms with van der Waals surface area (Å²) in [5.74, 6) is 2.96. The van der Waals surface area contributed by atoms with Crippen LogP contribution in [0, 0.1) is 23.2 Å². The van der Waals surface area contributed by atoms with Crippen LogP contribution in [0.1, 0.15) is 44.9 Å². The number of anilines is 1. The summed E-state index contributed by atoms with van der Waals surface area (Å²) in [6.45, 7) is 0.843. The number of hydrogen-bond donors (Lipinski definition) is 1. The molecule has 0 radical (unpaired) electrons. The maximum atomic E-state index is 12.0. The maximum absolute atomic E-state index is 12.0. The first-order valence-electron chi connectivity index (χ1n) is 8.08. The van der Waals surface area contributed by atoms with Crippen LogP contribution in [0.3, 0.4) is 0 Å². The summed E-state index contributed by atoms with van der Waals surface area (Å²) >= 11 is 0. The van der Waals surface area contributed by atoms with Crippen LogP contribution < -0.4 is 11.3 Å². The Morgan fingerprint density at radius 1 is 1.15 bits per heavy atom. The van der Waals surface area contributed by atoms with Gasteiger partial charge in [0.05, 0.1) is 5.69 Å². The highest BCUT2D eigenvalue weighted by molar-refractivity contribution is 5.33. The van der Waals surface area contributed by atoms with Crippen molar-refractivity contribution in [2.45, 2.75) is 51.5 Å². The molecule has 108 valence electrons. The molecule has 0 atom stereocenters. The monoisotopic (exact) mass is 272 g/mol. The van der Waals surface area contributed by atoms with Crippen molar-refractivity contribution in [3.05, 3.63) is 28.7 Å². The van der Waals surface area contributed by atoms with Crippen LogP contribution in [0.15, 0.2) is 23.1 Å². The van der Waals surface area contributed by atoms with Crippen molar-refractivity contribution in [3.8, 4) is 0 Å². The number of nitrogen functional groups attached to an aromatic ring is 1. The standard InChI is InChI=1S/C17H24N2O/c18-15-2-1-4-19(16(15)20)5-3-17-9-12-6-13(10-17)8-14(7-12)11-17/h1-2,4,12-14H,3,5-11,18H2. The minimum atomic E-state index is -0.0165. The van der Waals surface area contributed by atoms with E-state index in [9.17, 15) is 4.79 Å². The quantitative estimate of drug-likeness (QED) is 0.919. The summed E-state index contributed by atoms with van der Waals surface area (Å²) in [5.41, 5.74) is 6.62. The minimum Gasteiger partial charge on any atom is -0.394 e. The maximum Gasteiger partial charge on any atom is 0.273 e. The molecular formula is C17H24N2O. The average molecular weight is 272 g/mol. The second-order valence-corrected chi connectivity index (χ2v) is 7.63. The summed E-state index contributed by atoms with van der Waals surface area (Å²) in [5, 5.41) is 0. The summed E-state index contributed by atoms with van der Waals surface area (Å²) in [6.07, 6.45) is 11.7. The van der Waals surface area contributed by atoms with Crippen LogP contribution in [0.2, 0.25) is 0 Å². The molecule has 4 fully saturated rings. The summed E-state index contributed by atoms with van der Waals surface area (Å²) in [7, 11) is 0. The Morgan fingerprint density at radius 3 is 2.35 bits per heavy atom. The van der Waals surface area contributed by atoms with E-state index in [1.54, 1.807) is 6.07 Å². The Labute approximate surface area is 120 Å². The van der Waals surface area contributed by atoms with Crippen LogP contribution in [0.5, 0.6) is 0 Å². The molecule has 1 aromatic heterocycles. The van der Waals surface area contributed by atoms with E-state index < -0.39 is 0 Å². The van der Waals surface area contributed by atoms with Crippen molar-refractivity contribution < 1.29 is 0 Å². The lowest BCUT2D eigenvalue weighted by Crippen LogP contribution is -2.46. The van der Waals surface area contributed by atoms with E-state index >= 15 is 0 Å². The van der Waals surface area contributed by atoms with Gasteiger partial charge in [-0.1, -0.05) is 0 Å². The molecule has 3 heteroatoms. The van der Waals surface area contributed by atoms with E-state index in [0.29, 0.717) is 11.1 Å². The van der Waals surface area contributed by atoms with Gasteiger partial charge in [-0.3, -0.25) is 4.79 Å². The summed E-state index contributed by atoms with van der Waals surface area (Å²) in [6, 6.07) is 3.58. The van der Waals surface area contributed by atoms with Crippen molar-refractivity contribution in [1.82, 2.24) is 4.57 Å². The number of pyridine rings is 1. The van der Waals surface area contributed by atoms with Gasteiger partial charge in [-0.15, -0.1) is 0 Å². The molecular weight excluding hydrogens is 248 g/mol. The van der Waals surface area contributed by atoms with Gasteiger partial charge < -0.3 is 10.3 Å². The van der Waals surface area contributed by atoms with Crippen molar-refractivity contribution >= 4 is 5.69 Å². The molecule has 4 bridgehead atoms. The van der Waals surface area contributed by atoms with E-state index in [4.69, 9.17) is 5.73 Å². The first-order chi connectivity index (χ1) is 9.63. The van der Waals surface area contributed by atoms with E-state index in [1.165, 1.54) is 44.9 Å². The van der Waals surface area contributed by atoms with Crippen LogP contribution in [0.25, 0.3) is 0 Å². The third-order valence-electron chi connectivity index (χ3n) is 6.10. The molecule has 1 heterocycles. The van der Waals surface area contributed by atoms with Gasteiger partial charge in [0.25, 0.3) is 5.56 Å². The van der Waals surface area contributed by atoms with Crippen molar-refractivity contribution in [2.75, 3.05) is 5.73 Å². The molecule has 0 aliphatic heterocycles. The predicted octanol–water partition coefficient (Wildman–Crippen LogP) is 3.04. The fraction of sp³-hybridized carbons (Fsp3) is 0.706. The van der Waals surface area contributed by atoms with Crippen LogP contribution in [-0.2, 0) is 6.54 Å². The van der Waals surface area contributed by atoms with Gasteiger partial charge >= 0.3 is 0 Å². The fourth-order valence-electron chi connectivity index (χ4n) is 5.69. The first-order valence-corrected chi connectivity index (χ1v) is 8.08. The van der Waals surface area contributed by atoms with Gasteiger partial charge in [0.15, 0.2) is 0 Å². The Hall–Kier alpha value is -1.25. The number of aromatic nitrogens is 1. The number of rotatable bonds is 3. The predicted molar refractivity (Wildman–Crippen MR) is 80.3 cm³/mol. The highest BCUT2D eigenvalue weighted by Gasteiger charge is 2.50. The molecule has 5 rings (SSSR count). The highest BCUT2D eigenvalue weighted by Crippen LogP contribution is 2.61. The van der Waals surface area contributed by atoms with E-state index in [0.717, 1.165) is 24.3 Å². The van der Waals surface area contributed by atoms with E-state index in [1.807, 2.05) is 16.8 Å². The Bertz CT molecular complexity index is 539. The zero-order valence-electron chi connectivity index (χ0n) is 12.1. The van der Waals surface area contributed by atoms with Crippen LogP contribution in [0.4, 0.5) is 5.69 Å². The molecule has 0 aromatic carbocycles. The SMILES string of the molecule is Nc1cccn(CCC23CC4CC(CC(C4)C2)C3)c1=O. The third kappa shape index (κ3) is 1.99. The number of nitrogens with two attached hydrogens (primary N) is 1. The van der Waals surface area contributed by atoms with Gasteiger partial charge in [-0.05, 0) is 80.2 Å². The molecule has 0 spiro atoms. The molecule has 1 aromatic rings. The molecule has 4 aliphatic carbocycles. The zero-order chi connectivity index (χ0) is 13.7. The molecule has 4 saturated carbocycles. The molecule has 3 nitrogen and oxygen atoms in total. The zero-order valence-corrected chi connectivity index (χ0v) is 12.1. The Balaban J connectivity index is 1.52. The summed E-state index contributed by atoms with van der Waals surface area (Å²) < 4.78 is 1.81. The lowest BCUT2D eigenvalue weighted by atomic mass is 9.49. The van der Waals surface area contributed by atoms with Gasteiger partial charge in [-0.2, -0.15) is 0 Å². The third-order valence-corrected chi connectivity index (χ3v) is 6.10. The lowest BCUT2D eigenvalue weighted by Gasteiger charge is -2.57. The average Bonchev–Trinajstić information content (AvgIpc) is 2.39. The fourth-order valence-corrected chi connectivity index (χ4v) is 5.69. The Kier molecular flexibility index (Phi) is 2.73. The molecule has 4 aliphatic rings. The minimum absolute atomic E-state index is 0.0165. The molecule has 0 saturated heterocycles. The van der Waals surface area contributed by atoms with Gasteiger partial charge in [-0.25, -0.2) is 0 Å². The first kappa shape index (κ1) is 12.5. The number of hydrogen-bond acceptors (Lipinski definition) is 2. The number of aryl methyl sites for hydroxylation is 1. The van der Waals surface area contributed by atoms with E-state index in [2.05, 4.69) is 0 Å². The molecule has 0 unspecified atom stereocenters. The van der Waals surface area contributed by atoms with Crippen molar-refractivity contribution in [1.29, 1.82) is 0 Å². The largest absolute Gasteiger partial charge is 0.394 e. The van der Waals surface area contributed by atoms with Crippen molar-refractivity contribution in [2.24, 2.45) is 23.2 Å². The number of nitrogens with zero attached hydrogens (tertiary/aromatic N) is 1. The second kappa shape index (κ2) is 4.37. The van der Waals surface area contributed by atoms with Gasteiger partial charge in [0, 0.05) is 12.7 Å². The highest BCUT2D eigenvalue weighted by atomic mass is 16.1. The molecule has 2 N–H and O–H groups in total. The van der Waals surface area contributed by atoms with Crippen LogP contribution in [-0.4, -0.2) is 4.57 Å². The Morgan fingerprint density at radius 2 is 1.75 bits per heavy atom. The second-order valence-electron chi connectivity index (χ2n) is 7.63. The summed E-state index contributed by atoms with van der Waals surface area (Å²) in [4.78, 5) is 12.0.